The molecule has 2 aromatic heterocycles. The van der Waals surface area contributed by atoms with E-state index in [2.05, 4.69) is 102 Å². The number of thioether (sulfide) groups is 2. The number of rotatable bonds is 6. The van der Waals surface area contributed by atoms with E-state index in [0.717, 1.165) is 27.8 Å². The smallest absolute Gasteiger partial charge is 0.190 e. The van der Waals surface area contributed by atoms with Crippen LogP contribution in [0.25, 0.3) is 33.4 Å². The summed E-state index contributed by atoms with van der Waals surface area (Å²) in [6.45, 7) is 0.743. The zero-order valence-electron chi connectivity index (χ0n) is 18.0. The van der Waals surface area contributed by atoms with Gasteiger partial charge in [0.2, 0.25) is 0 Å². The third kappa shape index (κ3) is 3.83. The van der Waals surface area contributed by atoms with E-state index in [4.69, 9.17) is 9.97 Å². The molecule has 0 spiro atoms. The van der Waals surface area contributed by atoms with Crippen LogP contribution in [0, 0.1) is 0 Å². The van der Waals surface area contributed by atoms with Crippen LogP contribution in [0.15, 0.2) is 101 Å². The number of nitrogens with zero attached hydrogens (tertiary/aromatic N) is 3. The van der Waals surface area contributed by atoms with E-state index in [1.165, 1.54) is 27.9 Å². The van der Waals surface area contributed by atoms with Gasteiger partial charge in [-0.2, -0.15) is 0 Å². The molecule has 0 atom stereocenters. The van der Waals surface area contributed by atoms with E-state index in [9.17, 15) is 0 Å². The molecule has 2 heterocycles. The molecule has 5 aromatic rings. The summed E-state index contributed by atoms with van der Waals surface area (Å²) in [4.78, 5) is 9.91. The molecule has 5 heteroatoms. The molecule has 0 saturated carbocycles. The van der Waals surface area contributed by atoms with Gasteiger partial charge in [0.15, 0.2) is 5.16 Å². The summed E-state index contributed by atoms with van der Waals surface area (Å²) in [6.07, 6.45) is 4.13. The van der Waals surface area contributed by atoms with Gasteiger partial charge in [-0.05, 0) is 29.2 Å². The Morgan fingerprint density at radius 3 is 1.88 bits per heavy atom. The largest absolute Gasteiger partial charge is 0.320 e. The van der Waals surface area contributed by atoms with Gasteiger partial charge in [0.05, 0.1) is 11.1 Å². The first-order valence-corrected chi connectivity index (χ1v) is 12.9. The minimum atomic E-state index is 0.743. The minimum absolute atomic E-state index is 0.743. The molecule has 0 saturated heterocycles. The molecule has 0 fully saturated rings. The predicted octanol–water partition coefficient (Wildman–Crippen LogP) is 7.26. The van der Waals surface area contributed by atoms with Gasteiger partial charge in [-0.1, -0.05) is 103 Å². The molecular weight excluding hydrogens is 430 g/mol. The Hall–Kier alpha value is -3.02. The molecule has 158 valence electrons. The van der Waals surface area contributed by atoms with Crippen molar-refractivity contribution in [2.75, 3.05) is 12.5 Å². The van der Waals surface area contributed by atoms with E-state index in [1.54, 1.807) is 23.5 Å². The number of fused-ring (bicyclic) bond motifs is 1. The molecule has 0 amide bonds. The van der Waals surface area contributed by atoms with Crippen molar-refractivity contribution in [1.29, 1.82) is 0 Å². The molecule has 3 aromatic carbocycles. The third-order valence-corrected chi connectivity index (χ3v) is 6.75. The van der Waals surface area contributed by atoms with E-state index < -0.39 is 0 Å². The highest BCUT2D eigenvalue weighted by molar-refractivity contribution is 7.99. The molecule has 0 aliphatic carbocycles. The lowest BCUT2D eigenvalue weighted by atomic mass is 9.99. The second-order valence-electron chi connectivity index (χ2n) is 7.45. The molecule has 0 radical (unpaired) electrons. The van der Waals surface area contributed by atoms with Gasteiger partial charge in [0.25, 0.3) is 0 Å². The van der Waals surface area contributed by atoms with Gasteiger partial charge in [0.1, 0.15) is 10.7 Å². The molecule has 3 nitrogen and oxygen atoms in total. The van der Waals surface area contributed by atoms with Gasteiger partial charge in [-0.25, -0.2) is 9.97 Å². The zero-order valence-corrected chi connectivity index (χ0v) is 19.7. The summed E-state index contributed by atoms with van der Waals surface area (Å²) in [6, 6.07) is 31.9. The second kappa shape index (κ2) is 9.23. The summed E-state index contributed by atoms with van der Waals surface area (Å²) >= 11 is 3.27. The molecule has 0 aliphatic rings. The van der Waals surface area contributed by atoms with Crippen LogP contribution < -0.4 is 0 Å². The second-order valence-corrected chi connectivity index (χ2v) is 9.01. The molecule has 0 aliphatic heterocycles. The van der Waals surface area contributed by atoms with Crippen molar-refractivity contribution in [3.8, 4) is 22.4 Å². The van der Waals surface area contributed by atoms with Gasteiger partial charge < -0.3 is 4.57 Å². The van der Waals surface area contributed by atoms with Crippen molar-refractivity contribution in [1.82, 2.24) is 14.5 Å². The fourth-order valence-electron chi connectivity index (χ4n) is 4.12. The van der Waals surface area contributed by atoms with Crippen LogP contribution in [0.2, 0.25) is 0 Å². The fraction of sp³-hybridized carbons (Fsp3) is 0.111. The first kappa shape index (κ1) is 20.9. The number of hydrogen-bond acceptors (Lipinski definition) is 4. The van der Waals surface area contributed by atoms with E-state index in [0.29, 0.717) is 0 Å². The quantitative estimate of drug-likeness (QED) is 0.154. The normalized spacial score (nSPS) is 11.2. The highest BCUT2D eigenvalue weighted by Crippen LogP contribution is 2.44. The van der Waals surface area contributed by atoms with Gasteiger partial charge >= 0.3 is 0 Å². The van der Waals surface area contributed by atoms with E-state index in [1.807, 2.05) is 6.26 Å². The van der Waals surface area contributed by atoms with Crippen molar-refractivity contribution < 1.29 is 0 Å². The average molecular weight is 454 g/mol. The lowest BCUT2D eigenvalue weighted by Crippen LogP contribution is -2.04. The van der Waals surface area contributed by atoms with E-state index in [-0.39, 0.29) is 0 Å². The summed E-state index contributed by atoms with van der Waals surface area (Å²) in [7, 11) is 0. The Kier molecular flexibility index (Phi) is 6.02. The maximum Gasteiger partial charge on any atom is 0.190 e. The fourth-order valence-corrected chi connectivity index (χ4v) is 5.12. The Morgan fingerprint density at radius 1 is 0.688 bits per heavy atom. The number of hydrogen-bond donors (Lipinski definition) is 0. The topological polar surface area (TPSA) is 30.7 Å². The van der Waals surface area contributed by atoms with Crippen molar-refractivity contribution in [2.45, 2.75) is 16.7 Å². The van der Waals surface area contributed by atoms with Crippen LogP contribution >= 0.6 is 23.5 Å². The maximum atomic E-state index is 5.03. The standard InChI is InChI=1S/C27H23N3S2/c1-31-26-23-22(20-14-8-4-9-15-20)24(21-16-10-5-11-17-21)30(18-19-12-6-3-7-13-19)25(23)28-27(29-26)32-2/h3-17H,18H2,1-2H3. The monoisotopic (exact) mass is 453 g/mol. The van der Waals surface area contributed by atoms with E-state index >= 15 is 0 Å². The van der Waals surface area contributed by atoms with Crippen LogP contribution in [0.4, 0.5) is 0 Å². The summed E-state index contributed by atoms with van der Waals surface area (Å²) in [5.41, 5.74) is 6.96. The molecule has 0 unspecified atom stereocenters. The van der Waals surface area contributed by atoms with Crippen molar-refractivity contribution in [3.63, 3.8) is 0 Å². The molecule has 5 rings (SSSR count). The lowest BCUT2D eigenvalue weighted by molar-refractivity contribution is 0.812. The molecule has 0 N–H and O–H groups in total. The summed E-state index contributed by atoms with van der Waals surface area (Å²) in [5.74, 6) is 0. The Morgan fingerprint density at radius 2 is 1.28 bits per heavy atom. The molecule has 32 heavy (non-hydrogen) atoms. The first-order valence-electron chi connectivity index (χ1n) is 10.5. The van der Waals surface area contributed by atoms with Crippen LogP contribution in [-0.2, 0) is 6.54 Å². The van der Waals surface area contributed by atoms with Crippen LogP contribution in [-0.4, -0.2) is 27.0 Å². The van der Waals surface area contributed by atoms with Crippen molar-refractivity contribution in [2.24, 2.45) is 0 Å². The first-order chi connectivity index (χ1) is 15.8. The SMILES string of the molecule is CSc1nc(SC)c2c(-c3ccccc3)c(-c3ccccc3)n(Cc3ccccc3)c2n1. The number of aromatic nitrogens is 3. The van der Waals surface area contributed by atoms with Gasteiger partial charge in [-0.15, -0.1) is 11.8 Å². The highest BCUT2D eigenvalue weighted by Gasteiger charge is 2.24. The summed E-state index contributed by atoms with van der Waals surface area (Å²) in [5, 5.41) is 2.94. The zero-order chi connectivity index (χ0) is 21.9. The van der Waals surface area contributed by atoms with Crippen LogP contribution in [0.1, 0.15) is 5.56 Å². The van der Waals surface area contributed by atoms with Gasteiger partial charge in [-0.3, -0.25) is 0 Å². The highest BCUT2D eigenvalue weighted by atomic mass is 32.2. The Bertz CT molecular complexity index is 1350. The van der Waals surface area contributed by atoms with Crippen molar-refractivity contribution >= 4 is 34.6 Å². The van der Waals surface area contributed by atoms with Crippen LogP contribution in [0.3, 0.4) is 0 Å². The van der Waals surface area contributed by atoms with Crippen molar-refractivity contribution in [3.05, 3.63) is 96.6 Å². The third-order valence-electron chi connectivity index (χ3n) is 5.52. The molecular formula is C27H23N3S2. The lowest BCUT2D eigenvalue weighted by Gasteiger charge is -2.13. The Labute approximate surface area is 196 Å². The summed E-state index contributed by atoms with van der Waals surface area (Å²) < 4.78 is 2.36. The average Bonchev–Trinajstić information content (AvgIpc) is 3.19. The maximum absolute atomic E-state index is 5.03. The van der Waals surface area contributed by atoms with Gasteiger partial charge in [0, 0.05) is 12.1 Å². The van der Waals surface area contributed by atoms with Crippen LogP contribution in [0.5, 0.6) is 0 Å². The number of benzene rings is 3. The molecule has 0 bridgehead atoms. The predicted molar refractivity (Wildman–Crippen MR) is 138 cm³/mol. The Balaban J connectivity index is 1.93. The minimum Gasteiger partial charge on any atom is -0.320 e.